The number of halogens is 5. The van der Waals surface area contributed by atoms with Gasteiger partial charge in [0.25, 0.3) is 5.91 Å². The molecule has 3 heterocycles. The van der Waals surface area contributed by atoms with E-state index in [9.17, 15) is 27.2 Å². The zero-order chi connectivity index (χ0) is 24.6. The fourth-order valence-corrected chi connectivity index (χ4v) is 4.64. The number of carbonyl (C=O) groups excluding carboxylic acids is 2. The summed E-state index contributed by atoms with van der Waals surface area (Å²) in [6.07, 6.45) is -1.23. The average Bonchev–Trinajstić information content (AvgIpc) is 3.07. The third-order valence-electron chi connectivity index (χ3n) is 6.19. The van der Waals surface area contributed by atoms with Gasteiger partial charge < -0.3 is 15.1 Å². The van der Waals surface area contributed by atoms with E-state index in [-0.39, 0.29) is 42.0 Å². The fourth-order valence-electron chi connectivity index (χ4n) is 4.48. The summed E-state index contributed by atoms with van der Waals surface area (Å²) in [5.74, 6) is -2.15. The highest BCUT2D eigenvalue weighted by molar-refractivity contribution is 6.31. The Bertz CT molecular complexity index is 1110. The molecule has 2 aliphatic rings. The molecule has 7 nitrogen and oxygen atoms in total. The lowest BCUT2D eigenvalue weighted by molar-refractivity contribution is 0.0773. The summed E-state index contributed by atoms with van der Waals surface area (Å²) in [6, 6.07) is 0.973. The first-order chi connectivity index (χ1) is 16.1. The fraction of sp³-hybridized carbons (Fsp3) is 0.500. The van der Waals surface area contributed by atoms with Gasteiger partial charge in [-0.2, -0.15) is 5.10 Å². The second-order valence-electron chi connectivity index (χ2n) is 8.68. The maximum Gasteiger partial charge on any atom is 0.322 e. The Morgan fingerprint density at radius 3 is 2.76 bits per heavy atom. The predicted octanol–water partition coefficient (Wildman–Crippen LogP) is 4.54. The molecule has 0 spiro atoms. The van der Waals surface area contributed by atoms with Crippen LogP contribution in [0.15, 0.2) is 12.1 Å². The van der Waals surface area contributed by atoms with E-state index < -0.39 is 24.1 Å². The minimum absolute atomic E-state index is 0.0131. The van der Waals surface area contributed by atoms with Crippen LogP contribution < -0.4 is 5.32 Å². The van der Waals surface area contributed by atoms with E-state index in [1.54, 1.807) is 16.6 Å². The largest absolute Gasteiger partial charge is 0.340 e. The molecule has 2 aromatic rings. The molecule has 1 N–H and O–H groups in total. The van der Waals surface area contributed by atoms with E-state index in [1.165, 1.54) is 4.90 Å². The van der Waals surface area contributed by atoms with Gasteiger partial charge in [-0.1, -0.05) is 11.6 Å². The van der Waals surface area contributed by atoms with E-state index in [4.69, 9.17) is 11.6 Å². The number of fused-ring (bicyclic) bond motifs is 3. The number of amides is 3. The summed E-state index contributed by atoms with van der Waals surface area (Å²) in [5.41, 5.74) is 1.44. The molecule has 0 radical (unpaired) electrons. The second kappa shape index (κ2) is 9.81. The van der Waals surface area contributed by atoms with Gasteiger partial charge in [0.1, 0.15) is 17.3 Å². The molecular formula is C22H24ClF4N5O2. The van der Waals surface area contributed by atoms with Crippen molar-refractivity contribution in [2.45, 2.75) is 45.2 Å². The Hall–Kier alpha value is -2.82. The first-order valence-corrected chi connectivity index (χ1v) is 11.3. The Kier molecular flexibility index (Phi) is 7.01. The minimum Gasteiger partial charge on any atom is -0.340 e. The summed E-state index contributed by atoms with van der Waals surface area (Å²) in [6.45, 7) is 1.22. The number of hydrogen-bond donors (Lipinski definition) is 1. The van der Waals surface area contributed by atoms with Crippen LogP contribution in [0.4, 0.5) is 28.0 Å². The number of rotatable bonds is 5. The highest BCUT2D eigenvalue weighted by Crippen LogP contribution is 2.29. The molecule has 0 aliphatic carbocycles. The first kappa shape index (κ1) is 24.3. The van der Waals surface area contributed by atoms with Crippen LogP contribution in [0.1, 0.15) is 41.0 Å². The van der Waals surface area contributed by atoms with Gasteiger partial charge in [-0.05, 0) is 24.8 Å². The monoisotopic (exact) mass is 501 g/mol. The maximum atomic E-state index is 14.0. The van der Waals surface area contributed by atoms with Crippen LogP contribution in [-0.2, 0) is 19.5 Å². The van der Waals surface area contributed by atoms with E-state index >= 15 is 0 Å². The molecule has 0 saturated carbocycles. The van der Waals surface area contributed by atoms with Crippen molar-refractivity contribution >= 4 is 29.2 Å². The van der Waals surface area contributed by atoms with E-state index in [2.05, 4.69) is 10.4 Å². The lowest BCUT2D eigenvalue weighted by Crippen LogP contribution is -2.40. The Morgan fingerprint density at radius 2 is 2.03 bits per heavy atom. The zero-order valence-corrected chi connectivity index (χ0v) is 19.2. The van der Waals surface area contributed by atoms with Crippen LogP contribution in [0.3, 0.4) is 0 Å². The first-order valence-electron chi connectivity index (χ1n) is 11.0. The third-order valence-corrected chi connectivity index (χ3v) is 6.48. The second-order valence-corrected chi connectivity index (χ2v) is 9.08. The van der Waals surface area contributed by atoms with Gasteiger partial charge in [0.15, 0.2) is 0 Å². The molecule has 34 heavy (non-hydrogen) atoms. The molecule has 184 valence electrons. The van der Waals surface area contributed by atoms with Gasteiger partial charge >= 0.3 is 6.03 Å². The number of carbonyl (C=O) groups is 2. The van der Waals surface area contributed by atoms with Crippen LogP contribution in [0, 0.1) is 17.6 Å². The molecule has 1 aromatic heterocycles. The minimum atomic E-state index is -2.35. The molecular weight excluding hydrogens is 478 g/mol. The molecule has 3 amide bonds. The number of alkyl halides is 2. The van der Waals surface area contributed by atoms with Crippen molar-refractivity contribution in [1.82, 2.24) is 19.6 Å². The van der Waals surface area contributed by atoms with Gasteiger partial charge in [0.2, 0.25) is 6.43 Å². The van der Waals surface area contributed by atoms with Gasteiger partial charge in [0.05, 0.1) is 22.9 Å². The highest BCUT2D eigenvalue weighted by atomic mass is 35.5. The van der Waals surface area contributed by atoms with E-state index in [0.717, 1.165) is 6.07 Å². The normalized spacial score (nSPS) is 18.1. The van der Waals surface area contributed by atoms with Crippen LogP contribution in [-0.4, -0.2) is 58.1 Å². The quantitative estimate of drug-likeness (QED) is 0.483. The van der Waals surface area contributed by atoms with Crippen molar-refractivity contribution in [2.75, 3.05) is 25.5 Å². The molecule has 1 aromatic carbocycles. The van der Waals surface area contributed by atoms with E-state index in [1.807, 2.05) is 0 Å². The molecule has 0 bridgehead atoms. The molecule has 1 atom stereocenters. The maximum absolute atomic E-state index is 14.0. The van der Waals surface area contributed by atoms with Crippen molar-refractivity contribution in [3.63, 3.8) is 0 Å². The van der Waals surface area contributed by atoms with Gasteiger partial charge in [0, 0.05) is 51.2 Å². The number of benzene rings is 1. The topological polar surface area (TPSA) is 70.5 Å². The number of aromatic nitrogens is 2. The van der Waals surface area contributed by atoms with Crippen LogP contribution in [0.25, 0.3) is 0 Å². The molecule has 0 saturated heterocycles. The van der Waals surface area contributed by atoms with Crippen LogP contribution >= 0.6 is 11.6 Å². The van der Waals surface area contributed by atoms with Gasteiger partial charge in [-0.25, -0.2) is 22.4 Å². The Morgan fingerprint density at radius 1 is 1.26 bits per heavy atom. The standard InChI is InChI=1S/C22H24ClF4N5O2/c1-30-9-12(3-2-4-19(26)27)10-32-20(21(30)33)13-11-31(6-5-17(13)29-32)22(34)28-18-7-14(23)15(24)8-16(18)25/h7-8,12,19H,2-6,9-11H2,1H3,(H,28,34). The number of nitrogens with zero attached hydrogens (tertiary/aromatic N) is 4. The van der Waals surface area contributed by atoms with Crippen molar-refractivity contribution in [2.24, 2.45) is 5.92 Å². The Labute approximate surface area is 198 Å². The number of anilines is 1. The van der Waals surface area contributed by atoms with Crippen LogP contribution in [0.2, 0.25) is 5.02 Å². The van der Waals surface area contributed by atoms with Crippen LogP contribution in [0.5, 0.6) is 0 Å². The SMILES string of the molecule is CN1CC(CCCC(F)F)Cn2nc3c(c2C1=O)CN(C(=O)Nc1cc(Cl)c(F)cc1F)CC3. The lowest BCUT2D eigenvalue weighted by atomic mass is 10.0. The van der Waals surface area contributed by atoms with Crippen molar-refractivity contribution in [3.8, 4) is 0 Å². The summed E-state index contributed by atoms with van der Waals surface area (Å²) in [4.78, 5) is 28.9. The van der Waals surface area contributed by atoms with Crippen molar-refractivity contribution < 1.29 is 27.2 Å². The summed E-state index contributed by atoms with van der Waals surface area (Å²) >= 11 is 5.69. The lowest BCUT2D eigenvalue weighted by Gasteiger charge is -2.27. The summed E-state index contributed by atoms with van der Waals surface area (Å²) in [5, 5.41) is 6.66. The Balaban J connectivity index is 1.52. The zero-order valence-electron chi connectivity index (χ0n) is 18.5. The number of urea groups is 1. The molecule has 1 unspecified atom stereocenters. The van der Waals surface area contributed by atoms with Crippen molar-refractivity contribution in [3.05, 3.63) is 45.7 Å². The molecule has 2 aliphatic heterocycles. The highest BCUT2D eigenvalue weighted by Gasteiger charge is 2.34. The predicted molar refractivity (Wildman–Crippen MR) is 117 cm³/mol. The summed E-state index contributed by atoms with van der Waals surface area (Å²) in [7, 11) is 1.66. The van der Waals surface area contributed by atoms with Gasteiger partial charge in [-0.3, -0.25) is 9.48 Å². The van der Waals surface area contributed by atoms with Crippen molar-refractivity contribution in [1.29, 1.82) is 0 Å². The van der Waals surface area contributed by atoms with Gasteiger partial charge in [-0.15, -0.1) is 0 Å². The molecule has 0 fully saturated rings. The van der Waals surface area contributed by atoms with E-state index in [0.29, 0.717) is 55.4 Å². The average molecular weight is 502 g/mol. The molecule has 4 rings (SSSR count). The number of hydrogen-bond acceptors (Lipinski definition) is 3. The third kappa shape index (κ3) is 4.98. The smallest absolute Gasteiger partial charge is 0.322 e. The molecule has 12 heteroatoms. The number of nitrogens with one attached hydrogen (secondary N) is 1. The summed E-state index contributed by atoms with van der Waals surface area (Å²) < 4.78 is 54.1.